The predicted octanol–water partition coefficient (Wildman–Crippen LogP) is 2.29. The number of aromatic hydroxyl groups is 1. The van der Waals surface area contributed by atoms with Gasteiger partial charge >= 0.3 is 0 Å². The molecule has 9 rings (SSSR count). The van der Waals surface area contributed by atoms with E-state index in [1.54, 1.807) is 17.0 Å². The van der Waals surface area contributed by atoms with E-state index in [4.69, 9.17) is 15.2 Å². The molecule has 6 heterocycles. The van der Waals surface area contributed by atoms with Crippen molar-refractivity contribution in [2.45, 2.75) is 43.8 Å². The van der Waals surface area contributed by atoms with Crippen molar-refractivity contribution in [3.05, 3.63) is 83.9 Å². The number of para-hydroxylation sites is 1. The summed E-state index contributed by atoms with van der Waals surface area (Å²) in [5, 5.41) is 21.1. The number of anilines is 3. The van der Waals surface area contributed by atoms with Crippen LogP contribution in [-0.2, 0) is 14.4 Å². The molecule has 5 amide bonds. The second-order valence-electron chi connectivity index (χ2n) is 15.7. The van der Waals surface area contributed by atoms with Crippen LogP contribution < -0.4 is 30.3 Å². The van der Waals surface area contributed by atoms with Gasteiger partial charge in [0.15, 0.2) is 12.4 Å². The summed E-state index contributed by atoms with van der Waals surface area (Å²) in [4.78, 5) is 72.8. The minimum absolute atomic E-state index is 0.0357. The quantitative estimate of drug-likeness (QED) is 0.186. The second kappa shape index (κ2) is 16.1. The zero-order valence-electron chi connectivity index (χ0n) is 32.9. The van der Waals surface area contributed by atoms with E-state index in [-0.39, 0.29) is 60.1 Å². The first-order chi connectivity index (χ1) is 29.1. The van der Waals surface area contributed by atoms with E-state index in [0.717, 1.165) is 48.0 Å². The molecule has 4 fully saturated rings. The number of imide groups is 2. The molecule has 0 radical (unpaired) electrons. The van der Waals surface area contributed by atoms with E-state index in [2.05, 4.69) is 42.3 Å². The molecule has 60 heavy (non-hydrogen) atoms. The Morgan fingerprint density at radius 1 is 0.800 bits per heavy atom. The Kier molecular flexibility index (Phi) is 10.4. The number of nitrogens with zero attached hydrogens (tertiary/aromatic N) is 7. The van der Waals surface area contributed by atoms with Crippen LogP contribution in [-0.4, -0.2) is 137 Å². The Morgan fingerprint density at radius 2 is 1.55 bits per heavy atom. The molecule has 17 heteroatoms. The maximum absolute atomic E-state index is 13.2. The number of ether oxygens (including phenoxy) is 2. The summed E-state index contributed by atoms with van der Waals surface area (Å²) in [5.41, 5.74) is 9.72. The van der Waals surface area contributed by atoms with E-state index in [1.165, 1.54) is 18.2 Å². The lowest BCUT2D eigenvalue weighted by Crippen LogP contribution is -2.54. The lowest BCUT2D eigenvalue weighted by Gasteiger charge is -2.43. The number of nitrogen functional groups attached to an aromatic ring is 1. The number of aromatic nitrogens is 2. The largest absolute Gasteiger partial charge is 0.507 e. The van der Waals surface area contributed by atoms with Crippen molar-refractivity contribution in [2.24, 2.45) is 0 Å². The number of hydrogen-bond donors (Lipinski definition) is 3. The highest BCUT2D eigenvalue weighted by atomic mass is 16.5. The van der Waals surface area contributed by atoms with Gasteiger partial charge in [-0.3, -0.25) is 39.1 Å². The van der Waals surface area contributed by atoms with E-state index in [0.29, 0.717) is 56.4 Å². The van der Waals surface area contributed by atoms with Crippen molar-refractivity contribution in [1.29, 1.82) is 0 Å². The molecule has 3 aromatic carbocycles. The zero-order valence-corrected chi connectivity index (χ0v) is 32.9. The van der Waals surface area contributed by atoms with Gasteiger partial charge in [0.05, 0.1) is 22.5 Å². The monoisotopic (exact) mass is 815 g/mol. The number of amides is 5. The van der Waals surface area contributed by atoms with Crippen molar-refractivity contribution in [3.63, 3.8) is 0 Å². The fraction of sp³-hybridized carbons (Fsp3) is 0.372. The Hall–Kier alpha value is -6.75. The number of fused-ring (bicyclic) bond motifs is 3. The van der Waals surface area contributed by atoms with Crippen LogP contribution in [0.15, 0.2) is 72.8 Å². The van der Waals surface area contributed by atoms with Gasteiger partial charge in [-0.2, -0.15) is 0 Å². The van der Waals surface area contributed by atoms with Gasteiger partial charge < -0.3 is 35.0 Å². The standard InChI is InChI=1S/C43H45N9O8/c44-40-36(22-34(46-47-40)32-6-1-2-7-37(32)53)50-23-27-8-9-28(24-50)51(27)26-4-3-5-29(20-26)59-19-18-48-14-16-49(17-15-48)39(55)25-60-30-10-11-31-33(21-30)43(58)52(42(31)57)35-12-13-38(54)45-41(35)56/h1-7,10-11,20-22,27-28,35,53H,8-9,12-19,23-25H2,(H2,44,47)(H,45,54,56). The Bertz CT molecular complexity index is 2350. The molecule has 4 saturated heterocycles. The highest BCUT2D eigenvalue weighted by molar-refractivity contribution is 6.23. The van der Waals surface area contributed by atoms with Crippen molar-refractivity contribution in [1.82, 2.24) is 30.2 Å². The Labute approximate surface area is 345 Å². The van der Waals surface area contributed by atoms with E-state index >= 15 is 0 Å². The van der Waals surface area contributed by atoms with Gasteiger partial charge in [-0.25, -0.2) is 0 Å². The van der Waals surface area contributed by atoms with E-state index in [9.17, 15) is 29.1 Å². The number of nitrogens with one attached hydrogen (secondary N) is 1. The molecule has 3 unspecified atom stereocenters. The average Bonchev–Trinajstić information content (AvgIpc) is 3.66. The number of carbonyl (C=O) groups excluding carboxylic acids is 5. The van der Waals surface area contributed by atoms with Gasteiger partial charge in [0.2, 0.25) is 11.8 Å². The topological polar surface area (TPSA) is 204 Å². The maximum Gasteiger partial charge on any atom is 0.262 e. The van der Waals surface area contributed by atoms with Gasteiger partial charge in [-0.05, 0) is 67.8 Å². The molecule has 2 bridgehead atoms. The summed E-state index contributed by atoms with van der Waals surface area (Å²) in [6.45, 7) is 4.95. The minimum atomic E-state index is -1.06. The van der Waals surface area contributed by atoms with Crippen molar-refractivity contribution < 1.29 is 38.6 Å². The first-order valence-corrected chi connectivity index (χ1v) is 20.3. The molecule has 0 spiro atoms. The predicted molar refractivity (Wildman–Crippen MR) is 219 cm³/mol. The normalized spacial score (nSPS) is 21.6. The van der Waals surface area contributed by atoms with Crippen LogP contribution in [0.4, 0.5) is 17.2 Å². The van der Waals surface area contributed by atoms with Crippen LogP contribution >= 0.6 is 0 Å². The summed E-state index contributed by atoms with van der Waals surface area (Å²) in [5.74, 6) is -0.966. The first kappa shape index (κ1) is 38.8. The van der Waals surface area contributed by atoms with Gasteiger partial charge in [0.1, 0.15) is 29.9 Å². The molecule has 17 nitrogen and oxygen atoms in total. The zero-order chi connectivity index (χ0) is 41.5. The molecule has 5 aliphatic heterocycles. The highest BCUT2D eigenvalue weighted by Crippen LogP contribution is 2.40. The fourth-order valence-electron chi connectivity index (χ4n) is 9.01. The molecule has 3 atom stereocenters. The smallest absolute Gasteiger partial charge is 0.262 e. The van der Waals surface area contributed by atoms with Gasteiger partial charge in [-0.1, -0.05) is 18.2 Å². The van der Waals surface area contributed by atoms with Crippen LogP contribution in [0, 0.1) is 0 Å². The van der Waals surface area contributed by atoms with Gasteiger partial charge in [0, 0.05) is 81.6 Å². The number of benzene rings is 3. The molecule has 310 valence electrons. The summed E-state index contributed by atoms with van der Waals surface area (Å²) < 4.78 is 12.0. The van der Waals surface area contributed by atoms with Gasteiger partial charge in [-0.15, -0.1) is 10.2 Å². The molecule has 5 aliphatic rings. The third kappa shape index (κ3) is 7.51. The Morgan fingerprint density at radius 3 is 2.32 bits per heavy atom. The summed E-state index contributed by atoms with van der Waals surface area (Å²) >= 11 is 0. The number of phenols is 1. The number of carbonyl (C=O) groups is 5. The average molecular weight is 816 g/mol. The Balaban J connectivity index is 0.732. The minimum Gasteiger partial charge on any atom is -0.507 e. The number of hydrogen-bond acceptors (Lipinski definition) is 14. The van der Waals surface area contributed by atoms with Crippen LogP contribution in [0.2, 0.25) is 0 Å². The van der Waals surface area contributed by atoms with Crippen molar-refractivity contribution in [3.8, 4) is 28.5 Å². The van der Waals surface area contributed by atoms with Crippen LogP contribution in [0.25, 0.3) is 11.3 Å². The third-order valence-corrected chi connectivity index (χ3v) is 12.1. The third-order valence-electron chi connectivity index (χ3n) is 12.1. The SMILES string of the molecule is Nc1nnc(-c2ccccc2O)cc1N1CC2CCC(C1)N2c1cccc(OCCN2CCN(C(=O)COc3ccc4c(c3)C(=O)N(C3CCC(=O)NC3=O)C4=O)CC2)c1. The lowest BCUT2D eigenvalue weighted by atomic mass is 10.0. The van der Waals surface area contributed by atoms with Crippen molar-refractivity contribution >= 4 is 46.7 Å². The van der Waals surface area contributed by atoms with E-state index < -0.39 is 29.7 Å². The fourth-order valence-corrected chi connectivity index (χ4v) is 9.01. The lowest BCUT2D eigenvalue weighted by molar-refractivity contribution is -0.136. The number of rotatable bonds is 11. The van der Waals surface area contributed by atoms with Crippen LogP contribution in [0.5, 0.6) is 17.2 Å². The first-order valence-electron chi connectivity index (χ1n) is 20.3. The number of piperidine rings is 1. The highest BCUT2D eigenvalue weighted by Gasteiger charge is 2.45. The van der Waals surface area contributed by atoms with E-state index in [1.807, 2.05) is 30.3 Å². The van der Waals surface area contributed by atoms with Crippen molar-refractivity contribution in [2.75, 3.05) is 74.6 Å². The molecule has 4 aromatic rings. The number of phenolic OH excluding ortho intramolecular Hbond substituents is 1. The maximum atomic E-state index is 13.2. The molecular formula is C43H45N9O8. The summed E-state index contributed by atoms with van der Waals surface area (Å²) in [6.07, 6.45) is 2.22. The number of nitrogens with two attached hydrogens (primary N) is 1. The molecule has 0 aliphatic carbocycles. The second-order valence-corrected chi connectivity index (χ2v) is 15.7. The van der Waals surface area contributed by atoms with Crippen LogP contribution in [0.3, 0.4) is 0 Å². The summed E-state index contributed by atoms with van der Waals surface area (Å²) in [7, 11) is 0. The molecule has 4 N–H and O–H groups in total. The van der Waals surface area contributed by atoms with Crippen LogP contribution in [0.1, 0.15) is 46.4 Å². The molecule has 1 aromatic heterocycles. The number of piperazine rings is 2. The molecule has 0 saturated carbocycles. The van der Waals surface area contributed by atoms with Gasteiger partial charge in [0.25, 0.3) is 17.7 Å². The summed E-state index contributed by atoms with van der Waals surface area (Å²) in [6, 6.07) is 21.2. The molecular weight excluding hydrogens is 771 g/mol.